The molecule has 0 spiro atoms. The Bertz CT molecular complexity index is 1160. The van der Waals surface area contributed by atoms with Gasteiger partial charge in [0.05, 0.1) is 12.3 Å². The van der Waals surface area contributed by atoms with Crippen molar-refractivity contribution >= 4 is 17.2 Å². The van der Waals surface area contributed by atoms with Crippen LogP contribution in [0.3, 0.4) is 0 Å². The van der Waals surface area contributed by atoms with Crippen LogP contribution in [0, 0.1) is 0 Å². The van der Waals surface area contributed by atoms with E-state index in [1.165, 1.54) is 6.07 Å². The highest BCUT2D eigenvalue weighted by molar-refractivity contribution is 5.81. The topological polar surface area (TPSA) is 96.6 Å². The first-order valence-corrected chi connectivity index (χ1v) is 11.1. The van der Waals surface area contributed by atoms with E-state index < -0.39 is 0 Å². The average molecular weight is 432 g/mol. The standard InChI is InChI=1S/C25H29N5O2/c26-22-13-15-30(18-20(22)17-27-21-7-3-1-2-4-8-21)14-5-6-16-32-24-12-10-19-9-11-23(31)28-25(19)29-24/h1-3,7-12,17H,4-6,13-16,18,26H2,(H,28,29,31). The molecular weight excluding hydrogens is 402 g/mol. The van der Waals surface area contributed by atoms with Crippen LogP contribution in [0.2, 0.25) is 0 Å². The van der Waals surface area contributed by atoms with Gasteiger partial charge in [-0.05, 0) is 44.0 Å². The van der Waals surface area contributed by atoms with Gasteiger partial charge in [-0.3, -0.25) is 14.7 Å². The molecule has 2 aromatic rings. The van der Waals surface area contributed by atoms with Gasteiger partial charge in [0.1, 0.15) is 5.65 Å². The quantitative estimate of drug-likeness (QED) is 0.493. The third-order valence-electron chi connectivity index (χ3n) is 5.53. The van der Waals surface area contributed by atoms with Gasteiger partial charge >= 0.3 is 0 Å². The number of rotatable bonds is 8. The molecule has 0 saturated heterocycles. The number of nitrogens with zero attached hydrogens (tertiary/aromatic N) is 3. The SMILES string of the molecule is NC1=C(C=NC2=CCC=CC=C2)CN(CCCCOc2ccc3ccc(=O)[nH]c3n2)CC1. The van der Waals surface area contributed by atoms with Crippen molar-refractivity contribution in [2.45, 2.75) is 25.7 Å². The van der Waals surface area contributed by atoms with Crippen molar-refractivity contribution < 1.29 is 4.74 Å². The number of nitrogens with one attached hydrogen (secondary N) is 1. The van der Waals surface area contributed by atoms with Crippen molar-refractivity contribution in [1.82, 2.24) is 14.9 Å². The largest absolute Gasteiger partial charge is 0.478 e. The number of allylic oxidation sites excluding steroid dienone is 5. The number of H-pyrrole nitrogens is 1. The summed E-state index contributed by atoms with van der Waals surface area (Å²) in [7, 11) is 0. The monoisotopic (exact) mass is 431 g/mol. The normalized spacial score (nSPS) is 17.2. The Morgan fingerprint density at radius 2 is 2.12 bits per heavy atom. The fourth-order valence-corrected chi connectivity index (χ4v) is 3.70. The third-order valence-corrected chi connectivity index (χ3v) is 5.53. The highest BCUT2D eigenvalue weighted by atomic mass is 16.5. The highest BCUT2D eigenvalue weighted by Gasteiger charge is 2.15. The molecule has 2 aromatic heterocycles. The molecule has 4 rings (SSSR count). The first kappa shape index (κ1) is 21.8. The van der Waals surface area contributed by atoms with Crippen LogP contribution in [0.25, 0.3) is 11.0 Å². The summed E-state index contributed by atoms with van der Waals surface area (Å²) in [5.41, 5.74) is 9.63. The minimum Gasteiger partial charge on any atom is -0.478 e. The van der Waals surface area contributed by atoms with Gasteiger partial charge in [0.2, 0.25) is 11.4 Å². The summed E-state index contributed by atoms with van der Waals surface area (Å²) < 4.78 is 5.78. The van der Waals surface area contributed by atoms with E-state index in [0.717, 1.165) is 67.7 Å². The summed E-state index contributed by atoms with van der Waals surface area (Å²) in [6.45, 7) is 3.37. The molecule has 7 nitrogen and oxygen atoms in total. The van der Waals surface area contributed by atoms with Gasteiger partial charge in [-0.2, -0.15) is 4.98 Å². The van der Waals surface area contributed by atoms with Crippen LogP contribution >= 0.6 is 0 Å². The Hall–Kier alpha value is -3.45. The van der Waals surface area contributed by atoms with E-state index in [-0.39, 0.29) is 5.56 Å². The molecule has 0 unspecified atom stereocenters. The van der Waals surface area contributed by atoms with E-state index in [2.05, 4.69) is 32.0 Å². The summed E-state index contributed by atoms with van der Waals surface area (Å²) in [4.78, 5) is 25.6. The van der Waals surface area contributed by atoms with Crippen molar-refractivity contribution in [2.24, 2.45) is 10.7 Å². The Labute approximate surface area is 187 Å². The second-order valence-electron chi connectivity index (χ2n) is 7.95. The smallest absolute Gasteiger partial charge is 0.249 e. The highest BCUT2D eigenvalue weighted by Crippen LogP contribution is 2.16. The molecule has 0 aromatic carbocycles. The lowest BCUT2D eigenvalue weighted by molar-refractivity contribution is 0.255. The Kier molecular flexibility index (Phi) is 7.30. The first-order chi connectivity index (χ1) is 15.7. The number of aromatic amines is 1. The van der Waals surface area contributed by atoms with E-state index in [9.17, 15) is 4.79 Å². The Morgan fingerprint density at radius 3 is 3.06 bits per heavy atom. The molecule has 0 radical (unpaired) electrons. The lowest BCUT2D eigenvalue weighted by Crippen LogP contribution is -2.34. The lowest BCUT2D eigenvalue weighted by Gasteiger charge is -2.28. The molecule has 0 saturated carbocycles. The third kappa shape index (κ3) is 6.04. The van der Waals surface area contributed by atoms with E-state index in [1.54, 1.807) is 6.07 Å². The van der Waals surface area contributed by atoms with Gasteiger partial charge in [0.15, 0.2) is 0 Å². The molecule has 7 heteroatoms. The predicted molar refractivity (Wildman–Crippen MR) is 129 cm³/mol. The Balaban J connectivity index is 1.21. The van der Waals surface area contributed by atoms with Crippen LogP contribution in [0.5, 0.6) is 5.88 Å². The number of aliphatic imine (C=N–C) groups is 1. The van der Waals surface area contributed by atoms with Gasteiger partial charge in [0, 0.05) is 54.5 Å². The molecule has 32 heavy (non-hydrogen) atoms. The fourth-order valence-electron chi connectivity index (χ4n) is 3.70. The molecule has 1 aliphatic carbocycles. The van der Waals surface area contributed by atoms with E-state index >= 15 is 0 Å². The molecular formula is C25H29N5O2. The molecule has 166 valence electrons. The van der Waals surface area contributed by atoms with Gasteiger partial charge < -0.3 is 15.5 Å². The minimum absolute atomic E-state index is 0.165. The van der Waals surface area contributed by atoms with Gasteiger partial charge in [-0.25, -0.2) is 0 Å². The van der Waals surface area contributed by atoms with Gasteiger partial charge in [0.25, 0.3) is 0 Å². The van der Waals surface area contributed by atoms with Gasteiger partial charge in [-0.15, -0.1) is 0 Å². The van der Waals surface area contributed by atoms with Crippen LogP contribution in [0.1, 0.15) is 25.7 Å². The van der Waals surface area contributed by atoms with Crippen LogP contribution < -0.4 is 16.0 Å². The zero-order chi connectivity index (χ0) is 22.2. The number of fused-ring (bicyclic) bond motifs is 1. The second kappa shape index (κ2) is 10.7. The van der Waals surface area contributed by atoms with Gasteiger partial charge in [-0.1, -0.05) is 24.3 Å². The van der Waals surface area contributed by atoms with Crippen LogP contribution in [0.15, 0.2) is 81.4 Å². The maximum absolute atomic E-state index is 11.5. The summed E-state index contributed by atoms with van der Waals surface area (Å²) in [6, 6.07) is 6.98. The Morgan fingerprint density at radius 1 is 1.22 bits per heavy atom. The summed E-state index contributed by atoms with van der Waals surface area (Å²) >= 11 is 0. The molecule has 0 bridgehead atoms. The summed E-state index contributed by atoms with van der Waals surface area (Å²) in [5.74, 6) is 0.531. The van der Waals surface area contributed by atoms with Crippen LogP contribution in [-0.2, 0) is 0 Å². The number of hydrogen-bond acceptors (Lipinski definition) is 6. The number of unbranched alkanes of at least 4 members (excludes halogenated alkanes) is 1. The minimum atomic E-state index is -0.165. The van der Waals surface area contributed by atoms with Crippen LogP contribution in [0.4, 0.5) is 0 Å². The zero-order valence-corrected chi connectivity index (χ0v) is 18.2. The predicted octanol–water partition coefficient (Wildman–Crippen LogP) is 3.47. The lowest BCUT2D eigenvalue weighted by atomic mass is 10.1. The molecule has 0 fully saturated rings. The molecule has 1 aliphatic heterocycles. The number of hydrogen-bond donors (Lipinski definition) is 2. The summed E-state index contributed by atoms with van der Waals surface area (Å²) in [5, 5.41) is 0.886. The number of ether oxygens (including phenoxy) is 1. The van der Waals surface area contributed by atoms with E-state index in [4.69, 9.17) is 10.5 Å². The molecule has 0 atom stereocenters. The van der Waals surface area contributed by atoms with Crippen molar-refractivity contribution in [3.05, 3.63) is 82.0 Å². The van der Waals surface area contributed by atoms with Crippen molar-refractivity contribution in [3.8, 4) is 5.88 Å². The second-order valence-corrected chi connectivity index (χ2v) is 7.95. The first-order valence-electron chi connectivity index (χ1n) is 11.1. The van der Waals surface area contributed by atoms with Crippen LogP contribution in [-0.4, -0.2) is 47.3 Å². The van der Waals surface area contributed by atoms with Crippen molar-refractivity contribution in [3.63, 3.8) is 0 Å². The number of nitrogens with two attached hydrogens (primary N) is 1. The maximum atomic E-state index is 11.5. The molecule has 0 amide bonds. The summed E-state index contributed by atoms with van der Waals surface area (Å²) in [6.07, 6.45) is 15.9. The van der Waals surface area contributed by atoms with E-state index in [0.29, 0.717) is 18.1 Å². The number of aromatic nitrogens is 2. The van der Waals surface area contributed by atoms with Crippen molar-refractivity contribution in [2.75, 3.05) is 26.2 Å². The average Bonchev–Trinajstić information content (AvgIpc) is 3.07. The van der Waals surface area contributed by atoms with Crippen molar-refractivity contribution in [1.29, 1.82) is 0 Å². The molecule has 3 heterocycles. The zero-order valence-electron chi connectivity index (χ0n) is 18.2. The van der Waals surface area contributed by atoms with E-state index in [1.807, 2.05) is 36.6 Å². The number of pyridine rings is 2. The fraction of sp³-hybridized carbons (Fsp3) is 0.320. The molecule has 2 aliphatic rings. The molecule has 3 N–H and O–H groups in total. The maximum Gasteiger partial charge on any atom is 0.249 e.